The fourth-order valence-electron chi connectivity index (χ4n) is 2.29. The van der Waals surface area contributed by atoms with E-state index >= 15 is 0 Å². The Morgan fingerprint density at radius 2 is 2.11 bits per heavy atom. The second kappa shape index (κ2) is 8.01. The average Bonchev–Trinajstić information content (AvgIpc) is 2.37. The summed E-state index contributed by atoms with van der Waals surface area (Å²) in [5, 5.41) is 0. The van der Waals surface area contributed by atoms with Crippen molar-refractivity contribution in [2.45, 2.75) is 51.6 Å². The molecule has 1 atom stereocenters. The molecule has 0 N–H and O–H groups in total. The smallest absolute Gasteiger partial charge is 0.304 e. The molecule has 0 radical (unpaired) electrons. The molecule has 1 heterocycles. The third kappa shape index (κ3) is 6.45. The van der Waals surface area contributed by atoms with E-state index in [4.69, 9.17) is 4.74 Å². The first-order valence-electron chi connectivity index (χ1n) is 7.08. The van der Waals surface area contributed by atoms with Crippen LogP contribution >= 0.6 is 0 Å². The Morgan fingerprint density at radius 1 is 1.42 bits per heavy atom. The van der Waals surface area contributed by atoms with Gasteiger partial charge in [-0.05, 0) is 39.3 Å². The normalized spacial score (nSPS) is 18.8. The number of hydrogen-bond donors (Lipinski definition) is 0. The van der Waals surface area contributed by atoms with Crippen LogP contribution in [-0.4, -0.2) is 36.1 Å². The molecule has 0 aliphatic carbocycles. The number of likely N-dealkylation sites (tertiary alicyclic amines) is 1. The minimum atomic E-state index is -0.685. The zero-order valence-electron chi connectivity index (χ0n) is 12.2. The van der Waals surface area contributed by atoms with Crippen LogP contribution in [0.2, 0.25) is 0 Å². The number of nitrogens with zero attached hydrogens (tertiary/aromatic N) is 1. The second-order valence-electron chi connectivity index (χ2n) is 5.29. The van der Waals surface area contributed by atoms with Gasteiger partial charge in [-0.25, -0.2) is 0 Å². The fourth-order valence-corrected chi connectivity index (χ4v) is 2.29. The number of carbonyl (C=O) groups excluding carboxylic acids is 1. The zero-order chi connectivity index (χ0) is 14.1. The molecule has 0 spiro atoms. The molecule has 1 aliphatic rings. The molecule has 106 valence electrons. The molecule has 0 aromatic rings. The van der Waals surface area contributed by atoms with Crippen LogP contribution < -0.4 is 0 Å². The second-order valence-corrected chi connectivity index (χ2v) is 5.29. The van der Waals surface area contributed by atoms with Gasteiger partial charge in [-0.3, -0.25) is 9.69 Å². The summed E-state index contributed by atoms with van der Waals surface area (Å²) in [5.74, 6) is 6.02. The van der Waals surface area contributed by atoms with Crippen LogP contribution in [0, 0.1) is 11.8 Å². The van der Waals surface area contributed by atoms with E-state index in [1.54, 1.807) is 0 Å². The SMILES string of the molecule is C=CCC[C@@](C)(C#CCN1CCCCC1)OC(C)=O. The lowest BCUT2D eigenvalue weighted by molar-refractivity contribution is -0.150. The van der Waals surface area contributed by atoms with E-state index in [0.717, 1.165) is 26.1 Å². The van der Waals surface area contributed by atoms with Crippen molar-refractivity contribution in [3.63, 3.8) is 0 Å². The van der Waals surface area contributed by atoms with Gasteiger partial charge in [0.2, 0.25) is 0 Å². The molecular formula is C16H25NO2. The molecule has 1 aliphatic heterocycles. The monoisotopic (exact) mass is 263 g/mol. The van der Waals surface area contributed by atoms with Crippen LogP contribution in [-0.2, 0) is 9.53 Å². The fraction of sp³-hybridized carbons (Fsp3) is 0.688. The van der Waals surface area contributed by atoms with Crippen LogP contribution in [0.25, 0.3) is 0 Å². The summed E-state index contributed by atoms with van der Waals surface area (Å²) in [7, 11) is 0. The first kappa shape index (κ1) is 15.8. The summed E-state index contributed by atoms with van der Waals surface area (Å²) in [6.45, 7) is 10.0. The summed E-state index contributed by atoms with van der Waals surface area (Å²) in [6.07, 6.45) is 7.17. The highest BCUT2D eigenvalue weighted by atomic mass is 16.6. The van der Waals surface area contributed by atoms with Crippen molar-refractivity contribution in [3.8, 4) is 11.8 Å². The largest absolute Gasteiger partial charge is 0.446 e. The standard InChI is InChI=1S/C16H25NO2/c1-4-5-10-16(3,19-15(2)18)11-9-14-17-12-7-6-8-13-17/h4H,1,5-8,10,12-14H2,2-3H3/t16-/m0/s1. The van der Waals surface area contributed by atoms with Crippen molar-refractivity contribution in [1.82, 2.24) is 4.90 Å². The average molecular weight is 263 g/mol. The summed E-state index contributed by atoms with van der Waals surface area (Å²) < 4.78 is 5.35. The Labute approximate surface area is 117 Å². The van der Waals surface area contributed by atoms with Gasteiger partial charge in [0.05, 0.1) is 6.54 Å². The van der Waals surface area contributed by atoms with Gasteiger partial charge in [0, 0.05) is 13.3 Å². The van der Waals surface area contributed by atoms with E-state index in [1.165, 1.54) is 26.2 Å². The minimum absolute atomic E-state index is 0.279. The number of hydrogen-bond acceptors (Lipinski definition) is 3. The van der Waals surface area contributed by atoms with Gasteiger partial charge in [-0.15, -0.1) is 6.58 Å². The Bertz CT molecular complexity index is 361. The molecule has 1 rings (SSSR count). The Hall–Kier alpha value is -1.27. The molecule has 0 aromatic carbocycles. The highest BCUT2D eigenvalue weighted by molar-refractivity contribution is 5.67. The van der Waals surface area contributed by atoms with E-state index in [9.17, 15) is 4.79 Å². The van der Waals surface area contributed by atoms with Crippen molar-refractivity contribution in [1.29, 1.82) is 0 Å². The molecule has 0 aromatic heterocycles. The van der Waals surface area contributed by atoms with Crippen LogP contribution in [0.4, 0.5) is 0 Å². The Kier molecular flexibility index (Phi) is 6.66. The maximum atomic E-state index is 11.2. The van der Waals surface area contributed by atoms with E-state index in [0.29, 0.717) is 6.42 Å². The Morgan fingerprint density at radius 3 is 2.68 bits per heavy atom. The molecule has 19 heavy (non-hydrogen) atoms. The topological polar surface area (TPSA) is 29.5 Å². The number of allylic oxidation sites excluding steroid dienone is 1. The van der Waals surface area contributed by atoms with Crippen LogP contribution in [0.5, 0.6) is 0 Å². The van der Waals surface area contributed by atoms with Crippen molar-refractivity contribution in [2.75, 3.05) is 19.6 Å². The molecule has 1 saturated heterocycles. The highest BCUT2D eigenvalue weighted by Gasteiger charge is 2.24. The summed E-state index contributed by atoms with van der Waals surface area (Å²) in [6, 6.07) is 0. The summed E-state index contributed by atoms with van der Waals surface area (Å²) in [4.78, 5) is 13.5. The lowest BCUT2D eigenvalue weighted by atomic mass is 10.0. The number of piperidine rings is 1. The molecular weight excluding hydrogens is 238 g/mol. The first-order chi connectivity index (χ1) is 9.06. The van der Waals surface area contributed by atoms with Gasteiger partial charge in [0.25, 0.3) is 0 Å². The third-order valence-electron chi connectivity index (χ3n) is 3.30. The van der Waals surface area contributed by atoms with Gasteiger partial charge in [-0.2, -0.15) is 0 Å². The molecule has 1 fully saturated rings. The quantitative estimate of drug-likeness (QED) is 0.434. The first-order valence-corrected chi connectivity index (χ1v) is 7.08. The molecule has 3 nitrogen and oxygen atoms in total. The predicted molar refractivity (Wildman–Crippen MR) is 77.7 cm³/mol. The van der Waals surface area contributed by atoms with Crippen molar-refractivity contribution in [2.24, 2.45) is 0 Å². The minimum Gasteiger partial charge on any atom is -0.446 e. The van der Waals surface area contributed by atoms with E-state index in [1.807, 2.05) is 13.0 Å². The third-order valence-corrected chi connectivity index (χ3v) is 3.30. The molecule has 0 unspecified atom stereocenters. The van der Waals surface area contributed by atoms with Gasteiger partial charge < -0.3 is 4.74 Å². The van der Waals surface area contributed by atoms with Gasteiger partial charge in [0.15, 0.2) is 5.60 Å². The molecule has 0 saturated carbocycles. The van der Waals surface area contributed by atoms with Gasteiger partial charge in [-0.1, -0.05) is 24.3 Å². The molecule has 0 amide bonds. The summed E-state index contributed by atoms with van der Waals surface area (Å²) in [5.41, 5.74) is -0.685. The maximum Gasteiger partial charge on any atom is 0.304 e. The number of rotatable bonds is 5. The van der Waals surface area contributed by atoms with Crippen LogP contribution in [0.1, 0.15) is 46.0 Å². The van der Waals surface area contributed by atoms with Crippen LogP contribution in [0.3, 0.4) is 0 Å². The number of carbonyl (C=O) groups is 1. The van der Waals surface area contributed by atoms with Crippen molar-refractivity contribution >= 4 is 5.97 Å². The van der Waals surface area contributed by atoms with E-state index in [-0.39, 0.29) is 5.97 Å². The van der Waals surface area contributed by atoms with Crippen molar-refractivity contribution in [3.05, 3.63) is 12.7 Å². The molecule has 0 bridgehead atoms. The number of ether oxygens (including phenoxy) is 1. The number of esters is 1. The lowest BCUT2D eigenvalue weighted by Gasteiger charge is -2.25. The Balaban J connectivity index is 2.54. The van der Waals surface area contributed by atoms with E-state index in [2.05, 4.69) is 23.3 Å². The van der Waals surface area contributed by atoms with Crippen LogP contribution in [0.15, 0.2) is 12.7 Å². The predicted octanol–water partition coefficient (Wildman–Crippen LogP) is 2.76. The maximum absolute atomic E-state index is 11.2. The van der Waals surface area contributed by atoms with E-state index < -0.39 is 5.60 Å². The molecule has 3 heteroatoms. The summed E-state index contributed by atoms with van der Waals surface area (Å²) >= 11 is 0. The highest BCUT2D eigenvalue weighted by Crippen LogP contribution is 2.17. The van der Waals surface area contributed by atoms with Gasteiger partial charge >= 0.3 is 5.97 Å². The lowest BCUT2D eigenvalue weighted by Crippen LogP contribution is -2.31. The van der Waals surface area contributed by atoms with Gasteiger partial charge in [0.1, 0.15) is 0 Å². The van der Waals surface area contributed by atoms with Crippen molar-refractivity contribution < 1.29 is 9.53 Å². The zero-order valence-corrected chi connectivity index (χ0v) is 12.2.